The van der Waals surface area contributed by atoms with Crippen molar-refractivity contribution >= 4 is 49.0 Å². The molecule has 1 atom stereocenters. The number of carbonyl (C=O) groups is 2. The summed E-state index contributed by atoms with van der Waals surface area (Å²) in [4.78, 5) is 29.0. The van der Waals surface area contributed by atoms with E-state index < -0.39 is 33.7 Å². The molecule has 0 bridgehead atoms. The smallest absolute Gasteiger partial charge is 0.475 e. The Hall–Kier alpha value is -2.85. The molecule has 0 spiro atoms. The molecule has 1 aromatic heterocycles. The van der Waals surface area contributed by atoms with Gasteiger partial charge in [-0.3, -0.25) is 4.79 Å². The third-order valence-corrected chi connectivity index (χ3v) is 8.58. The fraction of sp³-hybridized carbons (Fsp3) is 0.480. The van der Waals surface area contributed by atoms with E-state index >= 15 is 0 Å². The number of nitrogens with zero attached hydrogens (tertiary/aromatic N) is 3. The number of hydrogen-bond acceptors (Lipinski definition) is 7. The molecule has 0 unspecified atom stereocenters. The molecule has 16 heteroatoms. The van der Waals surface area contributed by atoms with Crippen LogP contribution in [0.15, 0.2) is 44.2 Å². The molecule has 0 radical (unpaired) electrons. The highest BCUT2D eigenvalue weighted by Crippen LogP contribution is 2.33. The zero-order valence-corrected chi connectivity index (χ0v) is 24.9. The molecule has 1 aliphatic rings. The number of benzene rings is 1. The first-order valence-corrected chi connectivity index (χ1v) is 15.0. The van der Waals surface area contributed by atoms with Crippen molar-refractivity contribution in [3.63, 3.8) is 0 Å². The lowest BCUT2D eigenvalue weighted by Gasteiger charge is -2.25. The topological polar surface area (TPSA) is 124 Å². The Bertz CT molecular complexity index is 1370. The van der Waals surface area contributed by atoms with Gasteiger partial charge in [-0.25, -0.2) is 27.1 Å². The monoisotopic (exact) mass is 671 g/mol. The van der Waals surface area contributed by atoms with E-state index in [1.807, 2.05) is 0 Å². The maximum atomic E-state index is 13.9. The van der Waals surface area contributed by atoms with Gasteiger partial charge in [-0.05, 0) is 60.1 Å². The summed E-state index contributed by atoms with van der Waals surface area (Å²) in [6, 6.07) is 6.79. The predicted octanol–water partition coefficient (Wildman–Crippen LogP) is 5.34. The molecule has 1 aromatic carbocycles. The molecule has 1 fully saturated rings. The molecule has 3 N–H and O–H groups in total. The van der Waals surface area contributed by atoms with Crippen molar-refractivity contribution in [3.05, 3.63) is 46.1 Å². The minimum absolute atomic E-state index is 0.114. The van der Waals surface area contributed by atoms with Crippen LogP contribution in [0.25, 0.3) is 0 Å². The van der Waals surface area contributed by atoms with Gasteiger partial charge < -0.3 is 20.6 Å². The largest absolute Gasteiger partial charge is 0.490 e. The van der Waals surface area contributed by atoms with E-state index in [4.69, 9.17) is 9.90 Å². The van der Waals surface area contributed by atoms with Gasteiger partial charge in [-0.15, -0.1) is 0 Å². The van der Waals surface area contributed by atoms with Crippen molar-refractivity contribution < 1.29 is 40.9 Å². The maximum absolute atomic E-state index is 13.9. The second kappa shape index (κ2) is 14.4. The van der Waals surface area contributed by atoms with E-state index in [0.29, 0.717) is 58.1 Å². The van der Waals surface area contributed by atoms with Crippen LogP contribution in [0, 0.1) is 6.92 Å². The molecule has 1 aliphatic heterocycles. The molecule has 0 aliphatic carbocycles. The molecule has 3 rings (SSSR count). The second-order valence-electron chi connectivity index (χ2n) is 9.17. The van der Waals surface area contributed by atoms with Crippen LogP contribution in [0.2, 0.25) is 0 Å². The average Bonchev–Trinajstić information content (AvgIpc) is 3.05. The first kappa shape index (κ1) is 34.4. The first-order valence-electron chi connectivity index (χ1n) is 12.3. The van der Waals surface area contributed by atoms with Gasteiger partial charge in [0.1, 0.15) is 5.82 Å². The highest BCUT2D eigenvalue weighted by atomic mass is 79.9. The van der Waals surface area contributed by atoms with Gasteiger partial charge >= 0.3 is 12.1 Å². The first-order chi connectivity index (χ1) is 19.0. The number of nitrogens with one attached hydrogen (secondary N) is 2. The number of anilines is 2. The molecule has 2 aromatic rings. The molecule has 1 amide bonds. The molecular formula is C25H31BrF5N5O4S. The van der Waals surface area contributed by atoms with Crippen LogP contribution < -0.4 is 15.5 Å². The van der Waals surface area contributed by atoms with Gasteiger partial charge in [0.25, 0.3) is 5.91 Å². The third kappa shape index (κ3) is 10.2. The summed E-state index contributed by atoms with van der Waals surface area (Å²) in [5, 5.41) is 13.0. The predicted molar refractivity (Wildman–Crippen MR) is 149 cm³/mol. The minimum Gasteiger partial charge on any atom is -0.475 e. The number of halogens is 6. The number of alkyl halides is 5. The Kier molecular flexibility index (Phi) is 12.0. The molecule has 9 nitrogen and oxygen atoms in total. The Labute approximate surface area is 243 Å². The SMILES string of the molecule is CNCCN=[S@](C)(=O)c1cccc(NC(=O)c2c(N3CCCC(F)(F)CC3)ncc(Br)c2C)c1.O=C(O)C(F)(F)F. The number of aromatic nitrogens is 1. The summed E-state index contributed by atoms with van der Waals surface area (Å²) in [5.41, 5.74) is 1.45. The van der Waals surface area contributed by atoms with Crippen LogP contribution in [0.5, 0.6) is 0 Å². The van der Waals surface area contributed by atoms with Crippen molar-refractivity contribution in [2.24, 2.45) is 4.36 Å². The molecule has 2 heterocycles. The van der Waals surface area contributed by atoms with E-state index in [9.17, 15) is 31.0 Å². The Morgan fingerprint density at radius 1 is 1.24 bits per heavy atom. The summed E-state index contributed by atoms with van der Waals surface area (Å²) >= 11 is 3.42. The van der Waals surface area contributed by atoms with E-state index in [-0.39, 0.29) is 19.4 Å². The zero-order valence-electron chi connectivity index (χ0n) is 22.5. The number of amides is 1. The van der Waals surface area contributed by atoms with Gasteiger partial charge in [-0.1, -0.05) is 6.07 Å². The summed E-state index contributed by atoms with van der Waals surface area (Å²) in [7, 11) is -0.827. The number of pyridine rings is 1. The van der Waals surface area contributed by atoms with Crippen LogP contribution in [0.4, 0.5) is 33.5 Å². The minimum atomic E-state index is -5.08. The Morgan fingerprint density at radius 3 is 2.51 bits per heavy atom. The van der Waals surface area contributed by atoms with Gasteiger partial charge in [-0.2, -0.15) is 13.2 Å². The highest BCUT2D eigenvalue weighted by molar-refractivity contribution is 9.10. The number of aliphatic carboxylic acids is 1. The van der Waals surface area contributed by atoms with E-state index in [1.54, 1.807) is 55.6 Å². The number of hydrogen-bond donors (Lipinski definition) is 3. The normalized spacial score (nSPS) is 16.5. The van der Waals surface area contributed by atoms with E-state index in [1.165, 1.54) is 0 Å². The Morgan fingerprint density at radius 2 is 1.90 bits per heavy atom. The van der Waals surface area contributed by atoms with Crippen LogP contribution >= 0.6 is 15.9 Å². The lowest BCUT2D eigenvalue weighted by atomic mass is 10.1. The molecule has 41 heavy (non-hydrogen) atoms. The molecular weight excluding hydrogens is 641 g/mol. The molecule has 228 valence electrons. The maximum Gasteiger partial charge on any atom is 0.490 e. The molecule has 1 saturated heterocycles. The fourth-order valence-electron chi connectivity index (χ4n) is 3.76. The number of likely N-dealkylation sites (N-methyl/N-ethyl adjacent to an activating group) is 1. The third-order valence-electron chi connectivity index (χ3n) is 5.97. The number of carbonyl (C=O) groups excluding carboxylic acids is 1. The zero-order chi connectivity index (χ0) is 31.0. The van der Waals surface area contributed by atoms with E-state index in [2.05, 4.69) is 35.9 Å². The van der Waals surface area contributed by atoms with Crippen LogP contribution in [-0.2, 0) is 14.5 Å². The van der Waals surface area contributed by atoms with E-state index in [0.717, 1.165) is 0 Å². The lowest BCUT2D eigenvalue weighted by Crippen LogP contribution is -2.30. The second-order valence-corrected chi connectivity index (χ2v) is 12.4. The Balaban J connectivity index is 0.000000745. The summed E-state index contributed by atoms with van der Waals surface area (Å²) in [5.74, 6) is -5.50. The van der Waals surface area contributed by atoms with Gasteiger partial charge in [0.2, 0.25) is 5.92 Å². The van der Waals surface area contributed by atoms with Crippen LogP contribution in [-0.4, -0.2) is 77.8 Å². The highest BCUT2D eigenvalue weighted by Gasteiger charge is 2.38. The van der Waals surface area contributed by atoms with Gasteiger partial charge in [0, 0.05) is 60.0 Å². The fourth-order valence-corrected chi connectivity index (χ4v) is 5.33. The lowest BCUT2D eigenvalue weighted by molar-refractivity contribution is -0.192. The van der Waals surface area contributed by atoms with Crippen LogP contribution in [0.1, 0.15) is 35.2 Å². The summed E-state index contributed by atoms with van der Waals surface area (Å²) < 4.78 is 77.5. The van der Waals surface area contributed by atoms with Crippen molar-refractivity contribution in [3.8, 4) is 0 Å². The quantitative estimate of drug-likeness (QED) is 0.268. The molecule has 0 saturated carbocycles. The summed E-state index contributed by atoms with van der Waals surface area (Å²) in [6.07, 6.45) is -2.07. The van der Waals surface area contributed by atoms with Crippen molar-refractivity contribution in [1.82, 2.24) is 10.3 Å². The van der Waals surface area contributed by atoms with Crippen molar-refractivity contribution in [2.75, 3.05) is 49.7 Å². The van der Waals surface area contributed by atoms with Gasteiger partial charge in [0.15, 0.2) is 0 Å². The van der Waals surface area contributed by atoms with Crippen molar-refractivity contribution in [2.45, 2.75) is 43.2 Å². The number of carboxylic acid groups (broad SMARTS) is 1. The number of carboxylic acids is 1. The summed E-state index contributed by atoms with van der Waals surface area (Å²) in [6.45, 7) is 3.31. The van der Waals surface area contributed by atoms with Crippen LogP contribution in [0.3, 0.4) is 0 Å². The van der Waals surface area contributed by atoms with Crippen molar-refractivity contribution in [1.29, 1.82) is 0 Å². The number of rotatable bonds is 7. The standard InChI is InChI=1S/C23H30BrF2N5O2S.C2HF3O2/c1-16-19(24)15-28-21(31-12-5-8-23(25,26)9-13-31)20(16)22(32)30-17-6-4-7-18(14-17)34(3,33)29-11-10-27-2;3-2(4,5)1(6)7/h4,6-7,14-15,27H,5,8-13H2,1-3H3,(H,30,32);(H,6,7)/t34-;/m1./s1. The average molecular weight is 673 g/mol. The van der Waals surface area contributed by atoms with Gasteiger partial charge in [0.05, 0.1) is 21.8 Å².